The van der Waals surface area contributed by atoms with Crippen molar-refractivity contribution in [1.29, 1.82) is 0 Å². The Hall–Kier alpha value is -2.08. The second-order valence-corrected chi connectivity index (χ2v) is 4.80. The molecule has 1 aromatic rings. The van der Waals surface area contributed by atoms with Gasteiger partial charge in [-0.3, -0.25) is 4.90 Å². The summed E-state index contributed by atoms with van der Waals surface area (Å²) in [6.07, 6.45) is -0.233. The first kappa shape index (κ1) is 14.3. The molecular weight excluding hydrogens is 260 g/mol. The number of hydrogen-bond donors (Lipinski definition) is 2. The van der Waals surface area contributed by atoms with Gasteiger partial charge >= 0.3 is 12.0 Å². The topological polar surface area (TPSA) is 78.9 Å². The first-order chi connectivity index (χ1) is 9.54. The maximum absolute atomic E-state index is 12.2. The zero-order chi connectivity index (χ0) is 14.7. The summed E-state index contributed by atoms with van der Waals surface area (Å²) in [5.41, 5.74) is 2.00. The Morgan fingerprint density at radius 1 is 1.50 bits per heavy atom. The lowest BCUT2D eigenvalue weighted by atomic mass is 10.1. The fraction of sp³-hybridized carbons (Fsp3) is 0.429. The van der Waals surface area contributed by atoms with Crippen molar-refractivity contribution >= 4 is 17.7 Å². The summed E-state index contributed by atoms with van der Waals surface area (Å²) in [5, 5.41) is 11.5. The average molecular weight is 278 g/mol. The highest BCUT2D eigenvalue weighted by Crippen LogP contribution is 2.31. The van der Waals surface area contributed by atoms with E-state index in [1.165, 1.54) is 7.11 Å². The first-order valence-corrected chi connectivity index (χ1v) is 6.45. The van der Waals surface area contributed by atoms with Crippen LogP contribution in [0.5, 0.6) is 0 Å². The number of nitrogens with one attached hydrogen (secondary N) is 1. The van der Waals surface area contributed by atoms with Crippen LogP contribution < -0.4 is 10.2 Å². The van der Waals surface area contributed by atoms with Gasteiger partial charge in [0.1, 0.15) is 0 Å². The summed E-state index contributed by atoms with van der Waals surface area (Å²) in [6, 6.07) is 7.46. The molecule has 2 atom stereocenters. The van der Waals surface area contributed by atoms with Gasteiger partial charge in [0.15, 0.2) is 6.10 Å². The number of ether oxygens (including phenoxy) is 1. The zero-order valence-electron chi connectivity index (χ0n) is 11.5. The third-order valence-corrected chi connectivity index (χ3v) is 3.42. The molecule has 2 rings (SSSR count). The van der Waals surface area contributed by atoms with Crippen molar-refractivity contribution in [2.75, 3.05) is 18.6 Å². The van der Waals surface area contributed by atoms with Crippen LogP contribution in [-0.4, -0.2) is 42.9 Å². The Labute approximate surface area is 117 Å². The van der Waals surface area contributed by atoms with Crippen LogP contribution in [0.1, 0.15) is 12.5 Å². The van der Waals surface area contributed by atoms with Gasteiger partial charge in [0.05, 0.1) is 6.54 Å². The molecule has 2 N–H and O–H groups in total. The molecule has 1 aliphatic heterocycles. The van der Waals surface area contributed by atoms with E-state index in [1.54, 1.807) is 4.90 Å². The van der Waals surface area contributed by atoms with E-state index >= 15 is 0 Å². The Kier molecular flexibility index (Phi) is 4.24. The van der Waals surface area contributed by atoms with E-state index in [1.807, 2.05) is 31.2 Å². The Balaban J connectivity index is 2.05. The number of carboxylic acids is 1. The molecule has 0 aromatic heterocycles. The SMILES string of the molecule is COC(CNC(=O)N1c2ccccc2CC1C)C(=O)O. The first-order valence-electron chi connectivity index (χ1n) is 6.45. The van der Waals surface area contributed by atoms with E-state index in [0.717, 1.165) is 17.7 Å². The Morgan fingerprint density at radius 3 is 2.85 bits per heavy atom. The van der Waals surface area contributed by atoms with Gasteiger partial charge in [-0.2, -0.15) is 0 Å². The highest BCUT2D eigenvalue weighted by Gasteiger charge is 2.31. The number of fused-ring (bicyclic) bond motifs is 1. The minimum Gasteiger partial charge on any atom is -0.479 e. The highest BCUT2D eigenvalue weighted by atomic mass is 16.5. The smallest absolute Gasteiger partial charge is 0.334 e. The van der Waals surface area contributed by atoms with E-state index in [0.29, 0.717) is 0 Å². The van der Waals surface area contributed by atoms with Crippen LogP contribution in [0.25, 0.3) is 0 Å². The molecule has 6 nitrogen and oxygen atoms in total. The summed E-state index contributed by atoms with van der Waals surface area (Å²) >= 11 is 0. The fourth-order valence-corrected chi connectivity index (χ4v) is 2.41. The molecule has 0 saturated heterocycles. The number of rotatable bonds is 4. The number of aliphatic carboxylic acids is 1. The van der Waals surface area contributed by atoms with Gasteiger partial charge in [-0.25, -0.2) is 9.59 Å². The maximum atomic E-state index is 12.2. The Morgan fingerprint density at radius 2 is 2.20 bits per heavy atom. The number of methoxy groups -OCH3 is 1. The second kappa shape index (κ2) is 5.92. The van der Waals surface area contributed by atoms with E-state index in [9.17, 15) is 9.59 Å². The van der Waals surface area contributed by atoms with Crippen LogP contribution in [0.3, 0.4) is 0 Å². The summed E-state index contributed by atoms with van der Waals surface area (Å²) < 4.78 is 4.79. The molecule has 6 heteroatoms. The van der Waals surface area contributed by atoms with Gasteiger partial charge in [0.25, 0.3) is 0 Å². The highest BCUT2D eigenvalue weighted by molar-refractivity contribution is 5.95. The molecule has 108 valence electrons. The molecule has 20 heavy (non-hydrogen) atoms. The minimum absolute atomic E-state index is 0.0539. The second-order valence-electron chi connectivity index (χ2n) is 4.80. The molecule has 1 heterocycles. The van der Waals surface area contributed by atoms with Crippen molar-refractivity contribution in [2.45, 2.75) is 25.5 Å². The molecule has 1 aromatic carbocycles. The van der Waals surface area contributed by atoms with Crippen LogP contribution in [-0.2, 0) is 16.0 Å². The van der Waals surface area contributed by atoms with Crippen molar-refractivity contribution in [3.63, 3.8) is 0 Å². The lowest BCUT2D eigenvalue weighted by Crippen LogP contribution is -2.47. The van der Waals surface area contributed by atoms with Gasteiger partial charge in [-0.1, -0.05) is 18.2 Å². The van der Waals surface area contributed by atoms with Crippen LogP contribution in [0.15, 0.2) is 24.3 Å². The number of carbonyl (C=O) groups is 2. The van der Waals surface area contributed by atoms with E-state index in [2.05, 4.69) is 5.32 Å². The lowest BCUT2D eigenvalue weighted by molar-refractivity contribution is -0.147. The van der Waals surface area contributed by atoms with Crippen molar-refractivity contribution in [3.05, 3.63) is 29.8 Å². The van der Waals surface area contributed by atoms with Gasteiger partial charge in [-0.05, 0) is 25.0 Å². The molecule has 0 aliphatic carbocycles. The summed E-state index contributed by atoms with van der Waals surface area (Å²) in [5.74, 6) is -1.09. The van der Waals surface area contributed by atoms with Crippen LogP contribution >= 0.6 is 0 Å². The summed E-state index contributed by atoms with van der Waals surface area (Å²) in [4.78, 5) is 24.7. The van der Waals surface area contributed by atoms with Gasteiger partial charge in [0.2, 0.25) is 0 Å². The predicted molar refractivity (Wildman–Crippen MR) is 73.9 cm³/mol. The van der Waals surface area contributed by atoms with Crippen molar-refractivity contribution in [2.24, 2.45) is 0 Å². The van der Waals surface area contributed by atoms with Crippen LogP contribution in [0.2, 0.25) is 0 Å². The largest absolute Gasteiger partial charge is 0.479 e. The van der Waals surface area contributed by atoms with Crippen molar-refractivity contribution in [3.8, 4) is 0 Å². The predicted octanol–water partition coefficient (Wildman–Crippen LogP) is 1.25. The standard InChI is InChI=1S/C14H18N2O4/c1-9-7-10-5-3-4-6-11(10)16(9)14(19)15-8-12(20-2)13(17)18/h3-6,9,12H,7-8H2,1-2H3,(H,15,19)(H,17,18). The molecule has 0 saturated carbocycles. The van der Waals surface area contributed by atoms with E-state index in [-0.39, 0.29) is 18.6 Å². The number of nitrogens with zero attached hydrogens (tertiary/aromatic N) is 1. The molecule has 0 fully saturated rings. The molecule has 2 amide bonds. The van der Waals surface area contributed by atoms with E-state index < -0.39 is 12.1 Å². The summed E-state index contributed by atoms with van der Waals surface area (Å²) in [6.45, 7) is 1.90. The molecule has 1 aliphatic rings. The molecule has 0 bridgehead atoms. The number of hydrogen-bond acceptors (Lipinski definition) is 3. The van der Waals surface area contributed by atoms with Gasteiger partial charge < -0.3 is 15.2 Å². The van der Waals surface area contributed by atoms with Gasteiger partial charge in [-0.15, -0.1) is 0 Å². The fourth-order valence-electron chi connectivity index (χ4n) is 2.41. The number of para-hydroxylation sites is 1. The number of anilines is 1. The lowest BCUT2D eigenvalue weighted by Gasteiger charge is -2.23. The number of urea groups is 1. The quantitative estimate of drug-likeness (QED) is 0.868. The number of benzene rings is 1. The third kappa shape index (κ3) is 2.75. The van der Waals surface area contributed by atoms with Crippen LogP contribution in [0, 0.1) is 0 Å². The third-order valence-electron chi connectivity index (χ3n) is 3.42. The number of amides is 2. The minimum atomic E-state index is -1.09. The number of carboxylic acid groups (broad SMARTS) is 1. The zero-order valence-corrected chi connectivity index (χ0v) is 11.5. The number of carbonyl (C=O) groups excluding carboxylic acids is 1. The molecular formula is C14H18N2O4. The van der Waals surface area contributed by atoms with Gasteiger partial charge in [0, 0.05) is 18.8 Å². The summed E-state index contributed by atoms with van der Waals surface area (Å²) in [7, 11) is 1.30. The van der Waals surface area contributed by atoms with E-state index in [4.69, 9.17) is 9.84 Å². The Bertz CT molecular complexity index is 518. The van der Waals surface area contributed by atoms with Crippen molar-refractivity contribution in [1.82, 2.24) is 5.32 Å². The van der Waals surface area contributed by atoms with Crippen LogP contribution in [0.4, 0.5) is 10.5 Å². The normalized spacial score (nSPS) is 18.5. The monoisotopic (exact) mass is 278 g/mol. The van der Waals surface area contributed by atoms with Crippen molar-refractivity contribution < 1.29 is 19.4 Å². The molecule has 0 radical (unpaired) electrons. The average Bonchev–Trinajstić information content (AvgIpc) is 2.74. The molecule has 2 unspecified atom stereocenters. The maximum Gasteiger partial charge on any atom is 0.334 e. The molecule has 0 spiro atoms.